The van der Waals surface area contributed by atoms with Crippen molar-refractivity contribution in [3.05, 3.63) is 96.1 Å². The molecular weight excluding hydrogens is 384 g/mol. The number of hydrogen-bond donors (Lipinski definition) is 0. The van der Waals surface area contributed by atoms with E-state index in [1.54, 1.807) is 24.3 Å². The summed E-state index contributed by atoms with van der Waals surface area (Å²) in [5.41, 5.74) is 2.64. The van der Waals surface area contributed by atoms with Gasteiger partial charge in [0, 0.05) is 5.56 Å². The Balaban J connectivity index is 1.81. The predicted octanol–water partition coefficient (Wildman–Crippen LogP) is 6.98. The second-order valence-electron chi connectivity index (χ2n) is 7.95. The van der Waals surface area contributed by atoms with Gasteiger partial charge >= 0.3 is 5.97 Å². The first-order valence-electron chi connectivity index (χ1n) is 11.0. The molecule has 0 aliphatic rings. The summed E-state index contributed by atoms with van der Waals surface area (Å²) in [5, 5.41) is 0. The van der Waals surface area contributed by atoms with E-state index in [0.29, 0.717) is 24.0 Å². The van der Waals surface area contributed by atoms with Crippen LogP contribution in [-0.4, -0.2) is 18.4 Å². The zero-order valence-corrected chi connectivity index (χ0v) is 18.3. The average molecular weight is 415 g/mol. The molecule has 3 aromatic rings. The van der Waals surface area contributed by atoms with E-state index in [1.807, 2.05) is 55.5 Å². The molecule has 3 rings (SSSR count). The van der Waals surface area contributed by atoms with Gasteiger partial charge in [0.25, 0.3) is 0 Å². The number of carbonyl (C=O) groups is 2. The van der Waals surface area contributed by atoms with Crippen LogP contribution in [0.1, 0.15) is 60.2 Å². The summed E-state index contributed by atoms with van der Waals surface area (Å²) in [4.78, 5) is 26.1. The van der Waals surface area contributed by atoms with Crippen LogP contribution in [0.15, 0.2) is 84.9 Å². The lowest BCUT2D eigenvalue weighted by Gasteiger charge is -2.31. The van der Waals surface area contributed by atoms with E-state index in [4.69, 9.17) is 4.74 Å². The van der Waals surface area contributed by atoms with Crippen LogP contribution in [0.4, 0.5) is 0 Å². The Bertz CT molecular complexity index is 978. The van der Waals surface area contributed by atoms with E-state index in [0.717, 1.165) is 24.0 Å². The highest BCUT2D eigenvalue weighted by molar-refractivity contribution is 6.01. The Kier molecular flexibility index (Phi) is 7.77. The van der Waals surface area contributed by atoms with Crippen LogP contribution in [0, 0.1) is 5.41 Å². The third kappa shape index (κ3) is 5.49. The van der Waals surface area contributed by atoms with Crippen LogP contribution in [0.3, 0.4) is 0 Å². The minimum atomic E-state index is -0.714. The van der Waals surface area contributed by atoms with Gasteiger partial charge in [-0.1, -0.05) is 99.5 Å². The normalized spacial score (nSPS) is 12.7. The molecule has 1 atom stereocenters. The lowest BCUT2D eigenvalue weighted by atomic mass is 9.74. The summed E-state index contributed by atoms with van der Waals surface area (Å²) in [6.07, 6.45) is 3.20. The Morgan fingerprint density at radius 2 is 1.32 bits per heavy atom. The zero-order valence-electron chi connectivity index (χ0n) is 18.3. The molecule has 3 heteroatoms. The van der Waals surface area contributed by atoms with E-state index in [-0.39, 0.29) is 18.4 Å². The highest BCUT2D eigenvalue weighted by Gasteiger charge is 2.38. The first-order chi connectivity index (χ1) is 15.1. The molecule has 0 heterocycles. The van der Waals surface area contributed by atoms with Crippen molar-refractivity contribution < 1.29 is 14.3 Å². The Morgan fingerprint density at radius 3 is 1.90 bits per heavy atom. The number of carbonyl (C=O) groups excluding carboxylic acids is 2. The maximum absolute atomic E-state index is 13.6. The van der Waals surface area contributed by atoms with Crippen LogP contribution < -0.4 is 0 Å². The number of Topliss-reactive ketones (excluding diaryl/α,β-unsaturated/α-hetero) is 1. The standard InChI is InChI=1S/C28H30O3/c1-3-5-20-28(4-2,21-31-27(30)25-14-10-7-11-15-25)26(29)24-18-16-23(17-19-24)22-12-8-6-9-13-22/h6-19H,3-5,20-21H2,1-2H3. The molecule has 31 heavy (non-hydrogen) atoms. The fourth-order valence-electron chi connectivity index (χ4n) is 3.82. The first kappa shape index (κ1) is 22.5. The minimum Gasteiger partial charge on any atom is -0.461 e. The van der Waals surface area contributed by atoms with Crippen molar-refractivity contribution in [1.82, 2.24) is 0 Å². The number of ether oxygens (including phenoxy) is 1. The van der Waals surface area contributed by atoms with Crippen molar-refractivity contribution in [2.45, 2.75) is 39.5 Å². The van der Waals surface area contributed by atoms with Crippen molar-refractivity contribution in [1.29, 1.82) is 0 Å². The maximum Gasteiger partial charge on any atom is 0.338 e. The molecule has 1 unspecified atom stereocenters. The summed E-state index contributed by atoms with van der Waals surface area (Å²) in [5.74, 6) is -0.342. The summed E-state index contributed by atoms with van der Waals surface area (Å²) in [6.45, 7) is 4.20. The summed E-state index contributed by atoms with van der Waals surface area (Å²) >= 11 is 0. The molecule has 0 spiro atoms. The zero-order chi connectivity index (χ0) is 22.1. The van der Waals surface area contributed by atoms with Gasteiger partial charge in [0.05, 0.1) is 11.0 Å². The molecule has 0 saturated heterocycles. The van der Waals surface area contributed by atoms with Gasteiger partial charge in [0.2, 0.25) is 0 Å². The molecule has 3 aromatic carbocycles. The average Bonchev–Trinajstić information content (AvgIpc) is 2.85. The number of hydrogen-bond acceptors (Lipinski definition) is 3. The molecule has 0 saturated carbocycles. The monoisotopic (exact) mass is 414 g/mol. The molecule has 0 aliphatic carbocycles. The quantitative estimate of drug-likeness (QED) is 0.265. The molecule has 0 radical (unpaired) electrons. The van der Waals surface area contributed by atoms with Gasteiger partial charge < -0.3 is 4.74 Å². The van der Waals surface area contributed by atoms with Crippen LogP contribution in [0.25, 0.3) is 11.1 Å². The Morgan fingerprint density at radius 1 is 0.742 bits per heavy atom. The van der Waals surface area contributed by atoms with E-state index < -0.39 is 5.41 Å². The maximum atomic E-state index is 13.6. The van der Waals surface area contributed by atoms with Gasteiger partial charge in [-0.25, -0.2) is 4.79 Å². The van der Waals surface area contributed by atoms with Crippen molar-refractivity contribution in [2.24, 2.45) is 5.41 Å². The van der Waals surface area contributed by atoms with E-state index in [1.165, 1.54) is 0 Å². The van der Waals surface area contributed by atoms with Gasteiger partial charge in [-0.3, -0.25) is 4.79 Å². The molecule has 0 bridgehead atoms. The molecule has 160 valence electrons. The van der Waals surface area contributed by atoms with Gasteiger partial charge in [0.15, 0.2) is 5.78 Å². The third-order valence-electron chi connectivity index (χ3n) is 5.91. The van der Waals surface area contributed by atoms with Crippen LogP contribution in [-0.2, 0) is 4.74 Å². The number of rotatable bonds is 10. The molecule has 0 aliphatic heterocycles. The Labute approximate surface area is 185 Å². The summed E-state index contributed by atoms with van der Waals surface area (Å²) < 4.78 is 5.66. The van der Waals surface area contributed by atoms with Crippen molar-refractivity contribution in [3.8, 4) is 11.1 Å². The lowest BCUT2D eigenvalue weighted by molar-refractivity contribution is 0.0243. The SMILES string of the molecule is CCCCC(CC)(COC(=O)c1ccccc1)C(=O)c1ccc(-c2ccccc2)cc1. The molecule has 0 aromatic heterocycles. The van der Waals surface area contributed by atoms with Gasteiger partial charge in [-0.15, -0.1) is 0 Å². The van der Waals surface area contributed by atoms with Crippen molar-refractivity contribution in [2.75, 3.05) is 6.61 Å². The largest absolute Gasteiger partial charge is 0.461 e. The van der Waals surface area contributed by atoms with Gasteiger partial charge in [-0.2, -0.15) is 0 Å². The first-order valence-corrected chi connectivity index (χ1v) is 11.0. The number of esters is 1. The highest BCUT2D eigenvalue weighted by Crippen LogP contribution is 2.34. The van der Waals surface area contributed by atoms with Gasteiger partial charge in [-0.05, 0) is 36.1 Å². The highest BCUT2D eigenvalue weighted by atomic mass is 16.5. The summed E-state index contributed by atoms with van der Waals surface area (Å²) in [7, 11) is 0. The van der Waals surface area contributed by atoms with E-state index in [2.05, 4.69) is 19.1 Å². The molecule has 0 amide bonds. The molecule has 0 fully saturated rings. The fraction of sp³-hybridized carbons (Fsp3) is 0.286. The fourth-order valence-corrected chi connectivity index (χ4v) is 3.82. The Hall–Kier alpha value is -3.20. The molecule has 0 N–H and O–H groups in total. The van der Waals surface area contributed by atoms with Crippen LogP contribution in [0.2, 0.25) is 0 Å². The molecular formula is C28H30O3. The smallest absolute Gasteiger partial charge is 0.338 e. The van der Waals surface area contributed by atoms with E-state index in [9.17, 15) is 9.59 Å². The predicted molar refractivity (Wildman–Crippen MR) is 125 cm³/mol. The van der Waals surface area contributed by atoms with Crippen LogP contribution >= 0.6 is 0 Å². The third-order valence-corrected chi connectivity index (χ3v) is 5.91. The topological polar surface area (TPSA) is 43.4 Å². The second kappa shape index (κ2) is 10.7. The van der Waals surface area contributed by atoms with Crippen molar-refractivity contribution in [3.63, 3.8) is 0 Å². The van der Waals surface area contributed by atoms with Gasteiger partial charge in [0.1, 0.15) is 6.61 Å². The number of benzene rings is 3. The summed E-state index contributed by atoms with van der Waals surface area (Å²) in [6, 6.07) is 26.8. The van der Waals surface area contributed by atoms with Crippen LogP contribution in [0.5, 0.6) is 0 Å². The van der Waals surface area contributed by atoms with Crippen molar-refractivity contribution >= 4 is 11.8 Å². The lowest BCUT2D eigenvalue weighted by Crippen LogP contribution is -2.36. The number of unbranched alkanes of at least 4 members (excludes halogenated alkanes) is 1. The van der Waals surface area contributed by atoms with E-state index >= 15 is 0 Å². The molecule has 3 nitrogen and oxygen atoms in total. The minimum absolute atomic E-state index is 0.0453. The second-order valence-corrected chi connectivity index (χ2v) is 7.95. The number of ketones is 1.